The Balaban J connectivity index is 1.61. The maximum absolute atomic E-state index is 13.5. The van der Waals surface area contributed by atoms with E-state index in [1.807, 2.05) is 58.0 Å². The topological polar surface area (TPSA) is 59.8 Å². The number of aliphatic hydroxyl groups excluding tert-OH is 1. The van der Waals surface area contributed by atoms with E-state index in [-0.39, 0.29) is 18.0 Å². The molecule has 1 atom stereocenters. The zero-order valence-electron chi connectivity index (χ0n) is 21.1. The lowest BCUT2D eigenvalue weighted by atomic mass is 10.2. The van der Waals surface area contributed by atoms with Crippen molar-refractivity contribution < 1.29 is 19.0 Å². The molecule has 0 radical (unpaired) electrons. The smallest absolute Gasteiger partial charge is 0.227 e. The first-order chi connectivity index (χ1) is 16.7. The molecule has 1 unspecified atom stereocenters. The number of benzene rings is 2. The van der Waals surface area contributed by atoms with Crippen LogP contribution in [0.1, 0.15) is 44.9 Å². The van der Waals surface area contributed by atoms with Crippen LogP contribution >= 0.6 is 0 Å². The lowest BCUT2D eigenvalue weighted by molar-refractivity contribution is -0.0569. The molecule has 0 spiro atoms. The highest BCUT2D eigenvalue weighted by molar-refractivity contribution is 5.43. The standard InChI is InChI=1S/C28H36FN3O3/c1-20-26(18-31(16-21-10-11-21)17-24(33)19-34-28(2,3)4)27(35-25-14-12-22(29)13-15-25)32(30-20)23-8-6-5-7-9-23/h5-9,12-15,21,24,33H,10-11,16-19H2,1-4H3. The third-order valence-corrected chi connectivity index (χ3v) is 5.94. The van der Waals surface area contributed by atoms with Gasteiger partial charge in [-0.2, -0.15) is 5.10 Å². The molecule has 2 aromatic carbocycles. The number of hydrogen-bond acceptors (Lipinski definition) is 5. The molecular formula is C28H36FN3O3. The van der Waals surface area contributed by atoms with Crippen LogP contribution in [0.5, 0.6) is 11.6 Å². The molecule has 7 heteroatoms. The van der Waals surface area contributed by atoms with Crippen molar-refractivity contribution in [1.29, 1.82) is 0 Å². The van der Waals surface area contributed by atoms with Gasteiger partial charge in [0.2, 0.25) is 5.88 Å². The summed E-state index contributed by atoms with van der Waals surface area (Å²) in [5, 5.41) is 15.5. The summed E-state index contributed by atoms with van der Waals surface area (Å²) < 4.78 is 27.4. The second kappa shape index (κ2) is 10.9. The molecule has 1 aliphatic rings. The van der Waals surface area contributed by atoms with Crippen LogP contribution in [0.25, 0.3) is 5.69 Å². The number of aromatic nitrogens is 2. The molecule has 0 bridgehead atoms. The van der Waals surface area contributed by atoms with Crippen LogP contribution < -0.4 is 4.74 Å². The van der Waals surface area contributed by atoms with Gasteiger partial charge in [-0.3, -0.25) is 4.90 Å². The third-order valence-electron chi connectivity index (χ3n) is 5.94. The summed E-state index contributed by atoms with van der Waals surface area (Å²) in [6.07, 6.45) is 1.83. The number of aliphatic hydroxyl groups is 1. The Morgan fingerprint density at radius 1 is 1.11 bits per heavy atom. The van der Waals surface area contributed by atoms with Crippen molar-refractivity contribution in [3.05, 3.63) is 71.7 Å². The van der Waals surface area contributed by atoms with E-state index in [1.165, 1.54) is 25.0 Å². The van der Waals surface area contributed by atoms with E-state index in [0.29, 0.717) is 30.6 Å². The fourth-order valence-corrected chi connectivity index (χ4v) is 3.97. The van der Waals surface area contributed by atoms with Gasteiger partial charge in [-0.15, -0.1) is 0 Å². The van der Waals surface area contributed by atoms with Gasteiger partial charge in [-0.05, 0) is 82.9 Å². The summed E-state index contributed by atoms with van der Waals surface area (Å²) in [6, 6.07) is 15.8. The molecule has 1 aromatic heterocycles. The molecule has 6 nitrogen and oxygen atoms in total. The molecule has 1 heterocycles. The van der Waals surface area contributed by atoms with Crippen molar-refractivity contribution in [3.8, 4) is 17.3 Å². The van der Waals surface area contributed by atoms with Gasteiger partial charge in [0.1, 0.15) is 11.6 Å². The van der Waals surface area contributed by atoms with Gasteiger partial charge < -0.3 is 14.6 Å². The summed E-state index contributed by atoms with van der Waals surface area (Å²) in [5.74, 6) is 1.47. The van der Waals surface area contributed by atoms with E-state index in [2.05, 4.69) is 4.90 Å². The Kier molecular flexibility index (Phi) is 7.89. The fraction of sp³-hybridized carbons (Fsp3) is 0.464. The molecule has 1 N–H and O–H groups in total. The molecule has 3 aromatic rings. The van der Waals surface area contributed by atoms with Crippen molar-refractivity contribution in [2.24, 2.45) is 5.92 Å². The van der Waals surface area contributed by atoms with Gasteiger partial charge in [0.05, 0.1) is 35.3 Å². The van der Waals surface area contributed by atoms with Crippen molar-refractivity contribution >= 4 is 0 Å². The fourth-order valence-electron chi connectivity index (χ4n) is 3.97. The highest BCUT2D eigenvalue weighted by atomic mass is 19.1. The van der Waals surface area contributed by atoms with Crippen molar-refractivity contribution in [2.75, 3.05) is 19.7 Å². The van der Waals surface area contributed by atoms with Gasteiger partial charge in [0, 0.05) is 19.6 Å². The number of aryl methyl sites for hydroxylation is 1. The van der Waals surface area contributed by atoms with Crippen LogP contribution in [0.15, 0.2) is 54.6 Å². The number of halogens is 1. The second-order valence-corrected chi connectivity index (χ2v) is 10.4. The average Bonchev–Trinajstić information content (AvgIpc) is 3.58. The number of ether oxygens (including phenoxy) is 2. The summed E-state index contributed by atoms with van der Waals surface area (Å²) in [7, 11) is 0. The Morgan fingerprint density at radius 3 is 2.43 bits per heavy atom. The Labute approximate surface area is 207 Å². The molecule has 0 amide bonds. The Hall–Kier alpha value is -2.74. The van der Waals surface area contributed by atoms with Gasteiger partial charge in [-0.25, -0.2) is 9.07 Å². The van der Waals surface area contributed by atoms with E-state index in [4.69, 9.17) is 14.6 Å². The first kappa shape index (κ1) is 25.4. The van der Waals surface area contributed by atoms with E-state index >= 15 is 0 Å². The zero-order valence-corrected chi connectivity index (χ0v) is 21.1. The van der Waals surface area contributed by atoms with Crippen LogP contribution in [0.2, 0.25) is 0 Å². The van der Waals surface area contributed by atoms with Gasteiger partial charge >= 0.3 is 0 Å². The largest absolute Gasteiger partial charge is 0.439 e. The zero-order chi connectivity index (χ0) is 25.0. The van der Waals surface area contributed by atoms with Crippen LogP contribution in [0.4, 0.5) is 4.39 Å². The maximum atomic E-state index is 13.5. The van der Waals surface area contributed by atoms with E-state index < -0.39 is 6.10 Å². The normalized spacial score (nSPS) is 14.9. The maximum Gasteiger partial charge on any atom is 0.227 e. The number of nitrogens with zero attached hydrogens (tertiary/aromatic N) is 3. The average molecular weight is 482 g/mol. The molecule has 1 aliphatic carbocycles. The molecule has 188 valence electrons. The van der Waals surface area contributed by atoms with Gasteiger partial charge in [0.25, 0.3) is 0 Å². The highest BCUT2D eigenvalue weighted by Gasteiger charge is 2.28. The second-order valence-electron chi connectivity index (χ2n) is 10.4. The molecule has 0 saturated heterocycles. The number of hydrogen-bond donors (Lipinski definition) is 1. The van der Waals surface area contributed by atoms with Gasteiger partial charge in [0.15, 0.2) is 0 Å². The van der Waals surface area contributed by atoms with Gasteiger partial charge in [-0.1, -0.05) is 18.2 Å². The Bertz CT molecular complexity index is 1090. The first-order valence-electron chi connectivity index (χ1n) is 12.3. The van der Waals surface area contributed by atoms with Crippen molar-refractivity contribution in [1.82, 2.24) is 14.7 Å². The molecular weight excluding hydrogens is 445 g/mol. The van der Waals surface area contributed by atoms with Crippen LogP contribution in [-0.2, 0) is 11.3 Å². The summed E-state index contributed by atoms with van der Waals surface area (Å²) in [6.45, 7) is 10.2. The van der Waals surface area contributed by atoms with Crippen LogP contribution in [-0.4, -0.2) is 51.2 Å². The third kappa shape index (κ3) is 7.37. The number of para-hydroxylation sites is 1. The minimum atomic E-state index is -0.598. The van der Waals surface area contributed by atoms with Crippen LogP contribution in [0.3, 0.4) is 0 Å². The molecule has 1 saturated carbocycles. The molecule has 0 aliphatic heterocycles. The predicted molar refractivity (Wildman–Crippen MR) is 134 cm³/mol. The molecule has 1 fully saturated rings. The summed E-state index contributed by atoms with van der Waals surface area (Å²) in [4.78, 5) is 2.27. The highest BCUT2D eigenvalue weighted by Crippen LogP contribution is 2.34. The van der Waals surface area contributed by atoms with Crippen molar-refractivity contribution in [3.63, 3.8) is 0 Å². The van der Waals surface area contributed by atoms with Crippen LogP contribution in [0, 0.1) is 18.7 Å². The van der Waals surface area contributed by atoms with E-state index in [1.54, 1.807) is 16.8 Å². The number of rotatable bonds is 11. The van der Waals surface area contributed by atoms with E-state index in [0.717, 1.165) is 23.5 Å². The molecule has 35 heavy (non-hydrogen) atoms. The monoisotopic (exact) mass is 481 g/mol. The van der Waals surface area contributed by atoms with E-state index in [9.17, 15) is 9.50 Å². The van der Waals surface area contributed by atoms with Crippen molar-refractivity contribution in [2.45, 2.75) is 58.8 Å². The lowest BCUT2D eigenvalue weighted by Gasteiger charge is -2.27. The summed E-state index contributed by atoms with van der Waals surface area (Å²) in [5.41, 5.74) is 2.38. The summed E-state index contributed by atoms with van der Waals surface area (Å²) >= 11 is 0. The molecule has 4 rings (SSSR count). The predicted octanol–water partition coefficient (Wildman–Crippen LogP) is 5.50. The first-order valence-corrected chi connectivity index (χ1v) is 12.3. The quantitative estimate of drug-likeness (QED) is 0.392. The Morgan fingerprint density at radius 2 is 1.80 bits per heavy atom. The SMILES string of the molecule is Cc1nn(-c2ccccc2)c(Oc2ccc(F)cc2)c1CN(CC(O)COC(C)(C)C)CC1CC1. The minimum Gasteiger partial charge on any atom is -0.439 e. The minimum absolute atomic E-state index is 0.284. The lowest BCUT2D eigenvalue weighted by Crippen LogP contribution is -2.37.